The van der Waals surface area contributed by atoms with Crippen LogP contribution in [0.25, 0.3) is 0 Å². The molecule has 0 saturated heterocycles. The summed E-state index contributed by atoms with van der Waals surface area (Å²) in [5, 5.41) is 8.98. The van der Waals surface area contributed by atoms with E-state index in [9.17, 15) is 22.4 Å². The number of alkyl halides is 5. The Morgan fingerprint density at radius 1 is 1.04 bits per heavy atom. The Balaban J connectivity index is 2.24. The van der Waals surface area contributed by atoms with E-state index in [2.05, 4.69) is 20.7 Å². The Labute approximate surface area is 153 Å². The van der Waals surface area contributed by atoms with Gasteiger partial charge in [0, 0.05) is 4.47 Å². The van der Waals surface area contributed by atoms with Crippen molar-refractivity contribution < 1.29 is 53.4 Å². The van der Waals surface area contributed by atoms with Crippen LogP contribution in [0.4, 0.5) is 17.6 Å². The molecule has 3 nitrogen and oxygen atoms in total. The van der Waals surface area contributed by atoms with E-state index < -0.39 is 48.5 Å². The first-order chi connectivity index (χ1) is 11.1. The number of hydrogen-bond donors (Lipinski definition) is 1. The van der Waals surface area contributed by atoms with Crippen LogP contribution in [0.2, 0.25) is 0 Å². The second-order valence-electron chi connectivity index (χ2n) is 4.45. The fourth-order valence-electron chi connectivity index (χ4n) is 1.61. The van der Waals surface area contributed by atoms with Gasteiger partial charge in [-0.25, -0.2) is 4.79 Å². The molecule has 128 valence electrons. The largest absolute Gasteiger partial charge is 0.551 e. The lowest BCUT2D eigenvalue weighted by molar-refractivity contribution is -0.793. The third kappa shape index (κ3) is 4.38. The highest BCUT2D eigenvalue weighted by Crippen LogP contribution is 2.31. The van der Waals surface area contributed by atoms with Crippen molar-refractivity contribution in [2.75, 3.05) is 0 Å². The van der Waals surface area contributed by atoms with Crippen molar-refractivity contribution in [3.63, 3.8) is 0 Å². The predicted molar refractivity (Wildman–Crippen MR) is 76.8 cm³/mol. The fourth-order valence-corrected chi connectivity index (χ4v) is 4.12. The Morgan fingerprint density at radius 3 is 2.21 bits per heavy atom. The monoisotopic (exact) mass is 519 g/mol. The molecule has 0 spiro atoms. The summed E-state index contributed by atoms with van der Waals surface area (Å²) in [6.07, 6.45) is -4.76. The van der Waals surface area contributed by atoms with Gasteiger partial charge in [0.2, 0.25) is 3.57 Å². The summed E-state index contributed by atoms with van der Waals surface area (Å²) in [6, 6.07) is 9.87. The van der Waals surface area contributed by atoms with Gasteiger partial charge >= 0.3 is 37.2 Å². The summed E-state index contributed by atoms with van der Waals surface area (Å²) in [7, 11) is 0. The lowest BCUT2D eigenvalue weighted by Gasteiger charge is -2.18. The number of halogens is 6. The molecule has 0 bridgehead atoms. The molecule has 0 heterocycles. The van der Waals surface area contributed by atoms with Gasteiger partial charge in [-0.3, -0.25) is 0 Å². The lowest BCUT2D eigenvalue weighted by Crippen LogP contribution is -3.68. The summed E-state index contributed by atoms with van der Waals surface area (Å²) in [6.45, 7) is 0. The molecule has 9 heteroatoms. The van der Waals surface area contributed by atoms with E-state index in [1.807, 2.05) is 0 Å². The van der Waals surface area contributed by atoms with E-state index in [0.717, 1.165) is 24.3 Å². The van der Waals surface area contributed by atoms with E-state index in [1.165, 1.54) is 24.3 Å². The molecule has 0 atom stereocenters. The van der Waals surface area contributed by atoms with Crippen LogP contribution >= 0.6 is 15.9 Å². The zero-order chi connectivity index (χ0) is 18.0. The van der Waals surface area contributed by atoms with Gasteiger partial charge in [-0.2, -0.15) is 8.78 Å². The van der Waals surface area contributed by atoms with Crippen molar-refractivity contribution in [3.8, 4) is 5.75 Å². The second kappa shape index (κ2) is 7.26. The highest BCUT2D eigenvalue weighted by Gasteiger charge is 2.72. The van der Waals surface area contributed by atoms with E-state index in [-0.39, 0.29) is 3.57 Å². The van der Waals surface area contributed by atoms with Gasteiger partial charge in [0.05, 0.1) is 0 Å². The van der Waals surface area contributed by atoms with Crippen LogP contribution in [0.5, 0.6) is 5.75 Å². The molecule has 0 amide bonds. The quantitative estimate of drug-likeness (QED) is 0.359. The maximum atomic E-state index is 14.1. The maximum absolute atomic E-state index is 14.1. The van der Waals surface area contributed by atoms with Crippen molar-refractivity contribution in [3.05, 3.63) is 62.1 Å². The van der Waals surface area contributed by atoms with Crippen LogP contribution in [-0.4, -0.2) is 21.1 Å². The van der Waals surface area contributed by atoms with Crippen molar-refractivity contribution in [2.24, 2.45) is 0 Å². The van der Waals surface area contributed by atoms with Gasteiger partial charge < -0.3 is 9.84 Å². The molecule has 24 heavy (non-hydrogen) atoms. The maximum Gasteiger partial charge on any atom is 0.551 e. The Kier molecular flexibility index (Phi) is 5.74. The van der Waals surface area contributed by atoms with Gasteiger partial charge in [0.15, 0.2) is 0 Å². The zero-order valence-corrected chi connectivity index (χ0v) is 15.4. The number of carbonyl (C=O) groups is 1. The molecular weight excluding hydrogens is 511 g/mol. The fraction of sp³-hybridized carbons (Fsp3) is 0.133. The first-order valence-electron chi connectivity index (χ1n) is 6.31. The van der Waals surface area contributed by atoms with Gasteiger partial charge in [-0.1, -0.05) is 28.1 Å². The standard InChI is InChI=1S/C15H8BrF4IO3/c16-9-5-7-10(8-6-9)24-15(19,20)14(17,18)21-12-4-2-1-3-11(12)13(22)23/h1-8H/p+1. The third-order valence-corrected chi connectivity index (χ3v) is 6.07. The number of hydrogen-bond acceptors (Lipinski definition) is 2. The molecule has 0 aliphatic carbocycles. The molecule has 2 aromatic rings. The molecule has 1 N–H and O–H groups in total. The van der Waals surface area contributed by atoms with Gasteiger partial charge in [0.1, 0.15) is 11.3 Å². The number of aromatic carboxylic acids is 1. The number of ether oxygens (including phenoxy) is 1. The first-order valence-corrected chi connectivity index (χ1v) is 9.26. The summed E-state index contributed by atoms with van der Waals surface area (Å²) < 4.78 is 55.9. The van der Waals surface area contributed by atoms with Crippen molar-refractivity contribution in [1.29, 1.82) is 0 Å². The van der Waals surface area contributed by atoms with Gasteiger partial charge in [-0.15, -0.1) is 8.78 Å². The van der Waals surface area contributed by atoms with Gasteiger partial charge in [-0.05, 0) is 36.4 Å². The molecule has 0 aromatic heterocycles. The molecule has 0 unspecified atom stereocenters. The highest BCUT2D eigenvalue weighted by atomic mass is 127. The Bertz CT molecular complexity index is 738. The molecule has 0 radical (unpaired) electrons. The Hall–Kier alpha value is -1.36. The van der Waals surface area contributed by atoms with Crippen molar-refractivity contribution in [2.45, 2.75) is 10.0 Å². The summed E-state index contributed by atoms with van der Waals surface area (Å²) >= 11 is 0.421. The minimum Gasteiger partial charge on any atom is -0.478 e. The normalized spacial score (nSPS) is 12.0. The minimum atomic E-state index is -4.76. The topological polar surface area (TPSA) is 46.5 Å². The highest BCUT2D eigenvalue weighted by molar-refractivity contribution is 9.10. The molecule has 0 saturated carbocycles. The summed E-state index contributed by atoms with van der Waals surface area (Å²) in [5.74, 6) is -1.86. The van der Waals surface area contributed by atoms with Crippen LogP contribution < -0.4 is 25.9 Å². The SMILES string of the molecule is O=C(O)c1ccccc1[I+]C(F)(F)C(F)(F)Oc1ccc(Br)cc1. The second-order valence-corrected chi connectivity index (χ2v) is 8.42. The van der Waals surface area contributed by atoms with Crippen molar-refractivity contribution in [1.82, 2.24) is 0 Å². The average Bonchev–Trinajstić information content (AvgIpc) is 2.49. The molecule has 0 fully saturated rings. The van der Waals surface area contributed by atoms with Crippen molar-refractivity contribution >= 4 is 21.9 Å². The van der Waals surface area contributed by atoms with E-state index in [0.29, 0.717) is 4.47 Å². The first kappa shape index (κ1) is 19.0. The summed E-state index contributed by atoms with van der Waals surface area (Å²) in [4.78, 5) is 11.0. The zero-order valence-electron chi connectivity index (χ0n) is 11.7. The van der Waals surface area contributed by atoms with E-state index >= 15 is 0 Å². The van der Waals surface area contributed by atoms with Crippen LogP contribution in [-0.2, 0) is 0 Å². The number of carboxylic acids is 1. The minimum absolute atomic E-state index is 0.298. The summed E-state index contributed by atoms with van der Waals surface area (Å²) in [5.41, 5.74) is -0.413. The van der Waals surface area contributed by atoms with Crippen LogP contribution in [0.3, 0.4) is 0 Å². The molecule has 2 rings (SSSR count). The number of benzene rings is 2. The predicted octanol–water partition coefficient (Wildman–Crippen LogP) is 1.67. The molecular formula is C15H9BrF4IO3+. The average molecular weight is 520 g/mol. The van der Waals surface area contributed by atoms with Crippen LogP contribution in [0.1, 0.15) is 10.4 Å². The smallest absolute Gasteiger partial charge is 0.478 e. The van der Waals surface area contributed by atoms with Gasteiger partial charge in [0.25, 0.3) is 0 Å². The number of rotatable bonds is 6. The lowest BCUT2D eigenvalue weighted by atomic mass is 10.2. The van der Waals surface area contributed by atoms with E-state index in [1.54, 1.807) is 0 Å². The van der Waals surface area contributed by atoms with Crippen LogP contribution in [0, 0.1) is 3.57 Å². The van der Waals surface area contributed by atoms with E-state index in [4.69, 9.17) is 5.11 Å². The Morgan fingerprint density at radius 2 is 1.62 bits per heavy atom. The van der Waals surface area contributed by atoms with Crippen LogP contribution in [0.15, 0.2) is 53.0 Å². The third-order valence-electron chi connectivity index (χ3n) is 2.71. The number of carboxylic acid groups (broad SMARTS) is 1. The molecule has 0 aliphatic rings. The molecule has 0 aliphatic heterocycles. The molecule has 2 aromatic carbocycles.